The van der Waals surface area contributed by atoms with Crippen molar-refractivity contribution in [2.75, 3.05) is 19.6 Å². The Balaban J connectivity index is 1.81. The summed E-state index contributed by atoms with van der Waals surface area (Å²) in [6.07, 6.45) is -10.1. The summed E-state index contributed by atoms with van der Waals surface area (Å²) >= 11 is 11.6. The van der Waals surface area contributed by atoms with Gasteiger partial charge in [0.25, 0.3) is 0 Å². The zero-order chi connectivity index (χ0) is 25.5. The fourth-order valence-electron chi connectivity index (χ4n) is 3.47. The SMILES string of the molecule is O=C(Cc1ccc(C(F)(F)F)cc1)N1CCN(S(=O)(=O)c2cc(Cl)cc(Cl)c2)CC1C(F)(F)F. The molecule has 1 heterocycles. The summed E-state index contributed by atoms with van der Waals surface area (Å²) in [6.45, 7) is -2.07. The molecule has 0 spiro atoms. The van der Waals surface area contributed by atoms with Crippen LogP contribution in [0.5, 0.6) is 0 Å². The lowest BCUT2D eigenvalue weighted by molar-refractivity contribution is -0.196. The number of carbonyl (C=O) groups is 1. The van der Waals surface area contributed by atoms with E-state index in [4.69, 9.17) is 23.2 Å². The van der Waals surface area contributed by atoms with Crippen LogP contribution in [0.2, 0.25) is 10.0 Å². The highest BCUT2D eigenvalue weighted by atomic mass is 35.5. The van der Waals surface area contributed by atoms with Gasteiger partial charge in [0.15, 0.2) is 0 Å². The van der Waals surface area contributed by atoms with Crippen molar-refractivity contribution in [1.82, 2.24) is 9.21 Å². The quantitative estimate of drug-likeness (QED) is 0.504. The third kappa shape index (κ3) is 5.96. The van der Waals surface area contributed by atoms with Gasteiger partial charge < -0.3 is 4.90 Å². The van der Waals surface area contributed by atoms with Gasteiger partial charge in [0.1, 0.15) is 6.04 Å². The van der Waals surface area contributed by atoms with Crippen molar-refractivity contribution in [3.63, 3.8) is 0 Å². The summed E-state index contributed by atoms with van der Waals surface area (Å²) in [6, 6.07) is 4.38. The van der Waals surface area contributed by atoms with Gasteiger partial charge >= 0.3 is 12.4 Å². The first-order chi connectivity index (χ1) is 15.6. The van der Waals surface area contributed by atoms with E-state index >= 15 is 0 Å². The molecule has 1 aliphatic rings. The third-order valence-corrected chi connectivity index (χ3v) is 7.43. The Bertz CT molecular complexity index is 1150. The molecule has 0 aliphatic carbocycles. The molecule has 5 nitrogen and oxygen atoms in total. The van der Waals surface area contributed by atoms with Gasteiger partial charge in [0.05, 0.1) is 16.9 Å². The standard InChI is InChI=1S/C20H16Cl2F6N2O3S/c21-14-8-15(22)10-16(9-14)34(32,33)29-5-6-30(17(11-29)20(26,27)28)18(31)7-12-1-3-13(4-2-12)19(23,24)25/h1-4,8-10,17H,5-7,11H2. The molecule has 0 bridgehead atoms. The molecule has 1 amide bonds. The van der Waals surface area contributed by atoms with E-state index in [1.165, 1.54) is 6.07 Å². The van der Waals surface area contributed by atoms with Gasteiger partial charge in [-0.25, -0.2) is 8.42 Å². The fraction of sp³-hybridized carbons (Fsp3) is 0.350. The summed E-state index contributed by atoms with van der Waals surface area (Å²) in [5.41, 5.74) is -0.876. The summed E-state index contributed by atoms with van der Waals surface area (Å²) in [5, 5.41) is -0.0485. The van der Waals surface area contributed by atoms with Crippen LogP contribution >= 0.6 is 23.2 Å². The summed E-state index contributed by atoms with van der Waals surface area (Å²) < 4.78 is 106. The number of halogens is 8. The highest BCUT2D eigenvalue weighted by Crippen LogP contribution is 2.33. The van der Waals surface area contributed by atoms with Crippen LogP contribution in [0.3, 0.4) is 0 Å². The van der Waals surface area contributed by atoms with Gasteiger partial charge in [-0.15, -0.1) is 0 Å². The second kappa shape index (κ2) is 9.56. The summed E-state index contributed by atoms with van der Waals surface area (Å²) in [7, 11) is -4.41. The lowest BCUT2D eigenvalue weighted by Crippen LogP contribution is -2.61. The van der Waals surface area contributed by atoms with Crippen molar-refractivity contribution in [2.24, 2.45) is 0 Å². The molecule has 0 saturated carbocycles. The van der Waals surface area contributed by atoms with Crippen LogP contribution in [-0.4, -0.2) is 55.4 Å². The van der Waals surface area contributed by atoms with Gasteiger partial charge in [-0.1, -0.05) is 35.3 Å². The number of amides is 1. The molecule has 1 aliphatic heterocycles. The Labute approximate surface area is 200 Å². The Hall–Kier alpha value is -2.02. The molecule has 0 radical (unpaired) electrons. The number of rotatable bonds is 4. The molecule has 2 aromatic rings. The topological polar surface area (TPSA) is 57.7 Å². The first-order valence-electron chi connectivity index (χ1n) is 9.57. The van der Waals surface area contributed by atoms with Crippen LogP contribution in [0.15, 0.2) is 47.4 Å². The van der Waals surface area contributed by atoms with Crippen molar-refractivity contribution in [2.45, 2.75) is 29.7 Å². The van der Waals surface area contributed by atoms with Crippen LogP contribution in [0.1, 0.15) is 11.1 Å². The van der Waals surface area contributed by atoms with Crippen LogP contribution in [0.25, 0.3) is 0 Å². The van der Waals surface area contributed by atoms with E-state index < -0.39 is 70.8 Å². The molecular weight excluding hydrogens is 533 g/mol. The van der Waals surface area contributed by atoms with E-state index in [9.17, 15) is 39.6 Å². The molecule has 3 rings (SSSR count). The van der Waals surface area contributed by atoms with E-state index in [0.29, 0.717) is 9.21 Å². The molecule has 0 N–H and O–H groups in total. The smallest absolute Gasteiger partial charge is 0.328 e. The highest BCUT2D eigenvalue weighted by molar-refractivity contribution is 7.89. The minimum absolute atomic E-state index is 0.0243. The monoisotopic (exact) mass is 548 g/mol. The van der Waals surface area contributed by atoms with Crippen molar-refractivity contribution in [1.29, 1.82) is 0 Å². The molecule has 2 aromatic carbocycles. The number of piperazine rings is 1. The van der Waals surface area contributed by atoms with Crippen LogP contribution in [0.4, 0.5) is 26.3 Å². The molecule has 14 heteroatoms. The first-order valence-corrected chi connectivity index (χ1v) is 11.8. The van der Waals surface area contributed by atoms with Crippen molar-refractivity contribution < 1.29 is 39.6 Å². The van der Waals surface area contributed by atoms with E-state index in [-0.39, 0.29) is 15.6 Å². The second-order valence-electron chi connectivity index (χ2n) is 7.48. The van der Waals surface area contributed by atoms with E-state index in [1.807, 2.05) is 0 Å². The van der Waals surface area contributed by atoms with Gasteiger partial charge in [-0.2, -0.15) is 30.6 Å². The largest absolute Gasteiger partial charge is 0.416 e. The number of carbonyl (C=O) groups excluding carboxylic acids is 1. The number of sulfonamides is 1. The first kappa shape index (κ1) is 26.6. The van der Waals surface area contributed by atoms with Crippen molar-refractivity contribution in [3.05, 3.63) is 63.6 Å². The zero-order valence-electron chi connectivity index (χ0n) is 17.0. The maximum Gasteiger partial charge on any atom is 0.416 e. The molecule has 1 unspecified atom stereocenters. The van der Waals surface area contributed by atoms with E-state index in [0.717, 1.165) is 36.4 Å². The molecule has 1 saturated heterocycles. The Morgan fingerprint density at radius 1 is 0.941 bits per heavy atom. The zero-order valence-corrected chi connectivity index (χ0v) is 19.3. The normalized spacial score (nSPS) is 18.2. The predicted octanol–water partition coefficient (Wildman–Crippen LogP) is 5.02. The average Bonchev–Trinajstić information content (AvgIpc) is 2.71. The van der Waals surface area contributed by atoms with Crippen LogP contribution in [0, 0.1) is 0 Å². The lowest BCUT2D eigenvalue weighted by atomic mass is 10.1. The molecular formula is C20H16Cl2F6N2O3S. The minimum atomic E-state index is -4.96. The van der Waals surface area contributed by atoms with Gasteiger partial charge in [0, 0.05) is 29.7 Å². The number of alkyl halides is 6. The molecule has 34 heavy (non-hydrogen) atoms. The fourth-order valence-corrected chi connectivity index (χ4v) is 5.63. The Kier molecular flexibility index (Phi) is 7.47. The lowest BCUT2D eigenvalue weighted by Gasteiger charge is -2.41. The maximum absolute atomic E-state index is 13.8. The Morgan fingerprint density at radius 2 is 1.50 bits per heavy atom. The van der Waals surface area contributed by atoms with Crippen LogP contribution in [-0.2, 0) is 27.4 Å². The minimum Gasteiger partial charge on any atom is -0.328 e. The second-order valence-corrected chi connectivity index (χ2v) is 10.3. The van der Waals surface area contributed by atoms with Gasteiger partial charge in [0.2, 0.25) is 15.9 Å². The molecule has 186 valence electrons. The van der Waals surface area contributed by atoms with E-state index in [2.05, 4.69) is 0 Å². The number of hydrogen-bond donors (Lipinski definition) is 0. The van der Waals surface area contributed by atoms with Gasteiger partial charge in [-0.3, -0.25) is 4.79 Å². The Morgan fingerprint density at radius 3 is 2.00 bits per heavy atom. The number of nitrogens with zero attached hydrogens (tertiary/aromatic N) is 2. The van der Waals surface area contributed by atoms with Crippen LogP contribution < -0.4 is 0 Å². The molecule has 1 fully saturated rings. The van der Waals surface area contributed by atoms with E-state index in [1.54, 1.807) is 0 Å². The maximum atomic E-state index is 13.8. The number of hydrogen-bond acceptors (Lipinski definition) is 3. The highest BCUT2D eigenvalue weighted by Gasteiger charge is 2.50. The molecule has 1 atom stereocenters. The molecule has 0 aromatic heterocycles. The summed E-state index contributed by atoms with van der Waals surface area (Å²) in [4.78, 5) is 12.7. The average molecular weight is 549 g/mol. The third-order valence-electron chi connectivity index (χ3n) is 5.15. The predicted molar refractivity (Wildman–Crippen MR) is 112 cm³/mol. The van der Waals surface area contributed by atoms with Crippen molar-refractivity contribution >= 4 is 39.1 Å². The van der Waals surface area contributed by atoms with Gasteiger partial charge in [-0.05, 0) is 35.9 Å². The van der Waals surface area contributed by atoms with Crippen molar-refractivity contribution in [3.8, 4) is 0 Å². The summed E-state index contributed by atoms with van der Waals surface area (Å²) in [5.74, 6) is -0.995. The number of benzene rings is 2.